The van der Waals surface area contributed by atoms with E-state index in [4.69, 9.17) is 0 Å². The van der Waals surface area contributed by atoms with Crippen LogP contribution in [-0.4, -0.2) is 49.5 Å². The van der Waals surface area contributed by atoms with Gasteiger partial charge < -0.3 is 14.8 Å². The number of aryl methyl sites for hydroxylation is 1. The molecule has 10 heteroatoms. The Morgan fingerprint density at radius 3 is 3.04 bits per heavy atom. The molecule has 138 valence electrons. The summed E-state index contributed by atoms with van der Waals surface area (Å²) in [4.78, 5) is 36.5. The molecule has 1 N–H and O–H groups in total. The molecule has 0 aliphatic carbocycles. The molecule has 8 nitrogen and oxygen atoms in total. The maximum absolute atomic E-state index is 12.9. The van der Waals surface area contributed by atoms with Gasteiger partial charge in [-0.15, -0.1) is 23.7 Å². The maximum Gasteiger partial charge on any atom is 0.262 e. The van der Waals surface area contributed by atoms with Crippen LogP contribution in [0.25, 0.3) is 10.2 Å². The predicted octanol–water partition coefficient (Wildman–Crippen LogP) is 0.786. The van der Waals surface area contributed by atoms with Crippen molar-refractivity contribution in [1.82, 2.24) is 29.3 Å². The molecule has 3 aromatic rings. The van der Waals surface area contributed by atoms with Gasteiger partial charge in [-0.05, 0) is 11.4 Å². The van der Waals surface area contributed by atoms with E-state index >= 15 is 0 Å². The molecule has 1 unspecified atom stereocenters. The summed E-state index contributed by atoms with van der Waals surface area (Å²) < 4.78 is 3.30. The number of aromatic nitrogens is 4. The minimum atomic E-state index is -0.178. The molecular formula is C16H19ClN6O2S. The smallest absolute Gasteiger partial charge is 0.262 e. The number of carbonyl (C=O) groups is 1. The van der Waals surface area contributed by atoms with Crippen molar-refractivity contribution in [2.24, 2.45) is 7.05 Å². The Labute approximate surface area is 159 Å². The van der Waals surface area contributed by atoms with Crippen LogP contribution in [0.3, 0.4) is 0 Å². The number of piperazine rings is 1. The molecule has 0 radical (unpaired) electrons. The summed E-state index contributed by atoms with van der Waals surface area (Å²) in [5.74, 6) is 0.729. The first kappa shape index (κ1) is 18.6. The summed E-state index contributed by atoms with van der Waals surface area (Å²) >= 11 is 1.42. The first-order valence-corrected chi connectivity index (χ1v) is 8.93. The van der Waals surface area contributed by atoms with Crippen molar-refractivity contribution in [3.05, 3.63) is 46.3 Å². The fraction of sp³-hybridized carbons (Fsp3) is 0.375. The fourth-order valence-electron chi connectivity index (χ4n) is 3.17. The van der Waals surface area contributed by atoms with Crippen LogP contribution in [-0.2, 0) is 18.4 Å². The van der Waals surface area contributed by atoms with Crippen LogP contribution >= 0.6 is 23.7 Å². The average Bonchev–Trinajstić information content (AvgIpc) is 3.26. The minimum absolute atomic E-state index is 0. The molecule has 1 amide bonds. The van der Waals surface area contributed by atoms with Gasteiger partial charge in [0.15, 0.2) is 0 Å². The third kappa shape index (κ3) is 3.25. The van der Waals surface area contributed by atoms with Crippen molar-refractivity contribution < 1.29 is 4.79 Å². The highest BCUT2D eigenvalue weighted by Gasteiger charge is 2.30. The average molecular weight is 395 g/mol. The standard InChI is InChI=1S/C16H18N6O2S.ClH/c1-20-5-4-18-14(20)12-8-17-3-6-22(12)13(23)9-21-10-19-15-11(16(21)24)2-7-25-15;/h2,4-5,7,10,12,17H,3,6,8-9H2,1H3;1H. The van der Waals surface area contributed by atoms with E-state index in [1.165, 1.54) is 22.2 Å². The van der Waals surface area contributed by atoms with E-state index in [1.54, 1.807) is 17.2 Å². The van der Waals surface area contributed by atoms with Crippen LogP contribution in [0.2, 0.25) is 0 Å². The van der Waals surface area contributed by atoms with Crippen molar-refractivity contribution >= 4 is 39.9 Å². The highest BCUT2D eigenvalue weighted by atomic mass is 35.5. The lowest BCUT2D eigenvalue weighted by Crippen LogP contribution is -2.50. The molecule has 0 saturated carbocycles. The molecule has 1 saturated heterocycles. The van der Waals surface area contributed by atoms with Gasteiger partial charge in [0, 0.05) is 39.1 Å². The first-order chi connectivity index (χ1) is 12.1. The SMILES string of the molecule is Cl.Cn1ccnc1C1CNCCN1C(=O)Cn1cnc2sccc2c1=O. The summed E-state index contributed by atoms with van der Waals surface area (Å²) in [7, 11) is 1.92. The zero-order chi connectivity index (χ0) is 17.4. The van der Waals surface area contributed by atoms with Crippen LogP contribution < -0.4 is 10.9 Å². The number of hydrogen-bond acceptors (Lipinski definition) is 6. The Bertz CT molecular complexity index is 980. The van der Waals surface area contributed by atoms with E-state index in [1.807, 2.05) is 23.2 Å². The van der Waals surface area contributed by atoms with Gasteiger partial charge in [0.2, 0.25) is 5.91 Å². The number of fused-ring (bicyclic) bond motifs is 1. The molecule has 1 atom stereocenters. The lowest BCUT2D eigenvalue weighted by molar-refractivity contribution is -0.135. The van der Waals surface area contributed by atoms with Crippen molar-refractivity contribution in [2.45, 2.75) is 12.6 Å². The van der Waals surface area contributed by atoms with Crippen molar-refractivity contribution in [3.63, 3.8) is 0 Å². The second-order valence-electron chi connectivity index (χ2n) is 6.02. The number of nitrogens with zero attached hydrogens (tertiary/aromatic N) is 5. The van der Waals surface area contributed by atoms with Gasteiger partial charge in [0.1, 0.15) is 23.2 Å². The van der Waals surface area contributed by atoms with Gasteiger partial charge in [-0.25, -0.2) is 9.97 Å². The molecule has 4 rings (SSSR count). The van der Waals surface area contributed by atoms with Gasteiger partial charge in [0.25, 0.3) is 5.56 Å². The van der Waals surface area contributed by atoms with Gasteiger partial charge in [-0.3, -0.25) is 14.2 Å². The number of thiophene rings is 1. The molecule has 1 aliphatic rings. The largest absolute Gasteiger partial charge is 0.336 e. The Morgan fingerprint density at radius 1 is 1.42 bits per heavy atom. The number of nitrogens with one attached hydrogen (secondary N) is 1. The zero-order valence-electron chi connectivity index (χ0n) is 14.2. The highest BCUT2D eigenvalue weighted by molar-refractivity contribution is 7.16. The quantitative estimate of drug-likeness (QED) is 0.709. The van der Waals surface area contributed by atoms with E-state index in [0.29, 0.717) is 23.3 Å². The lowest BCUT2D eigenvalue weighted by atomic mass is 10.1. The third-order valence-electron chi connectivity index (χ3n) is 4.48. The van der Waals surface area contributed by atoms with Crippen LogP contribution in [0.5, 0.6) is 0 Å². The van der Waals surface area contributed by atoms with Gasteiger partial charge in [-0.1, -0.05) is 0 Å². The normalized spacial score (nSPS) is 17.3. The number of imidazole rings is 1. The molecular weight excluding hydrogens is 376 g/mol. The molecule has 1 fully saturated rings. The fourth-order valence-corrected chi connectivity index (χ4v) is 3.90. The number of amides is 1. The molecule has 1 aliphatic heterocycles. The summed E-state index contributed by atoms with van der Waals surface area (Å²) in [5.41, 5.74) is -0.178. The summed E-state index contributed by atoms with van der Waals surface area (Å²) in [6.07, 6.45) is 5.05. The molecule has 0 aromatic carbocycles. The van der Waals surface area contributed by atoms with Gasteiger partial charge in [-0.2, -0.15) is 0 Å². The van der Waals surface area contributed by atoms with Gasteiger partial charge in [0.05, 0.1) is 11.7 Å². The second-order valence-corrected chi connectivity index (χ2v) is 6.92. The second kappa shape index (κ2) is 7.56. The number of hydrogen-bond donors (Lipinski definition) is 1. The lowest BCUT2D eigenvalue weighted by Gasteiger charge is -2.35. The Balaban J connectivity index is 0.00000196. The maximum atomic E-state index is 12.9. The van der Waals surface area contributed by atoms with Gasteiger partial charge >= 0.3 is 0 Å². The Hall–Kier alpha value is -2.23. The molecule has 3 aromatic heterocycles. The van der Waals surface area contributed by atoms with Crippen molar-refractivity contribution in [3.8, 4) is 0 Å². The van der Waals surface area contributed by atoms with Crippen LogP contribution in [0, 0.1) is 0 Å². The number of rotatable bonds is 3. The van der Waals surface area contributed by atoms with E-state index in [2.05, 4.69) is 15.3 Å². The molecule has 4 heterocycles. The van der Waals surface area contributed by atoms with E-state index in [-0.39, 0.29) is 36.5 Å². The Morgan fingerprint density at radius 2 is 2.27 bits per heavy atom. The van der Waals surface area contributed by atoms with Crippen LogP contribution in [0.4, 0.5) is 0 Å². The molecule has 26 heavy (non-hydrogen) atoms. The summed E-state index contributed by atoms with van der Waals surface area (Å²) in [6, 6.07) is 1.60. The molecule has 0 spiro atoms. The van der Waals surface area contributed by atoms with Crippen LogP contribution in [0.15, 0.2) is 35.0 Å². The Kier molecular flexibility index (Phi) is 5.40. The first-order valence-electron chi connectivity index (χ1n) is 8.05. The summed E-state index contributed by atoms with van der Waals surface area (Å²) in [6.45, 7) is 1.94. The topological polar surface area (TPSA) is 85.1 Å². The van der Waals surface area contributed by atoms with Crippen molar-refractivity contribution in [1.29, 1.82) is 0 Å². The highest BCUT2D eigenvalue weighted by Crippen LogP contribution is 2.21. The third-order valence-corrected chi connectivity index (χ3v) is 5.30. The number of halogens is 1. The van der Waals surface area contributed by atoms with E-state index in [9.17, 15) is 9.59 Å². The number of carbonyl (C=O) groups excluding carboxylic acids is 1. The summed E-state index contributed by atoms with van der Waals surface area (Å²) in [5, 5.41) is 5.69. The van der Waals surface area contributed by atoms with Crippen molar-refractivity contribution in [2.75, 3.05) is 19.6 Å². The minimum Gasteiger partial charge on any atom is -0.336 e. The zero-order valence-corrected chi connectivity index (χ0v) is 15.8. The van der Waals surface area contributed by atoms with E-state index in [0.717, 1.165) is 12.4 Å². The predicted molar refractivity (Wildman–Crippen MR) is 102 cm³/mol. The van der Waals surface area contributed by atoms with E-state index < -0.39 is 0 Å². The van der Waals surface area contributed by atoms with Crippen LogP contribution in [0.1, 0.15) is 11.9 Å². The monoisotopic (exact) mass is 394 g/mol. The molecule has 0 bridgehead atoms.